The lowest BCUT2D eigenvalue weighted by Gasteiger charge is -2.11. The summed E-state index contributed by atoms with van der Waals surface area (Å²) < 4.78 is 2.91. The van der Waals surface area contributed by atoms with E-state index in [0.29, 0.717) is 33.1 Å². The number of aromatic nitrogens is 4. The molecule has 7 nitrogen and oxygen atoms in total. The Labute approximate surface area is 152 Å². The highest BCUT2D eigenvalue weighted by Gasteiger charge is 2.15. The first-order valence-electron chi connectivity index (χ1n) is 7.92. The number of halogens is 1. The molecule has 0 aliphatic carbocycles. The maximum Gasteiger partial charge on any atom is 0.277 e. The summed E-state index contributed by atoms with van der Waals surface area (Å²) in [5, 5.41) is 7.60. The first-order chi connectivity index (χ1) is 12.5. The van der Waals surface area contributed by atoms with Crippen LogP contribution in [0.25, 0.3) is 16.7 Å². The van der Waals surface area contributed by atoms with E-state index >= 15 is 0 Å². The molecule has 0 bridgehead atoms. The van der Waals surface area contributed by atoms with Crippen LogP contribution in [-0.2, 0) is 11.3 Å². The van der Waals surface area contributed by atoms with Gasteiger partial charge in [0, 0.05) is 16.9 Å². The minimum atomic E-state index is -0.333. The molecule has 4 aromatic rings. The summed E-state index contributed by atoms with van der Waals surface area (Å²) in [7, 11) is 0. The van der Waals surface area contributed by atoms with E-state index in [1.54, 1.807) is 55.6 Å². The monoisotopic (exact) mass is 367 g/mol. The molecule has 130 valence electrons. The number of carbonyl (C=O) groups excluding carboxylic acids is 1. The lowest BCUT2D eigenvalue weighted by Crippen LogP contribution is -2.29. The van der Waals surface area contributed by atoms with Crippen LogP contribution in [0.15, 0.2) is 53.5 Å². The van der Waals surface area contributed by atoms with E-state index in [9.17, 15) is 9.59 Å². The van der Waals surface area contributed by atoms with E-state index in [1.165, 1.54) is 9.08 Å². The number of carbonyl (C=O) groups is 1. The largest absolute Gasteiger partial charge is 0.324 e. The zero-order chi connectivity index (χ0) is 18.3. The molecule has 26 heavy (non-hydrogen) atoms. The molecule has 0 saturated heterocycles. The number of anilines is 1. The fourth-order valence-corrected chi connectivity index (χ4v) is 3.08. The molecular formula is C18H14ClN5O2. The third kappa shape index (κ3) is 2.82. The summed E-state index contributed by atoms with van der Waals surface area (Å²) >= 11 is 5.94. The predicted molar refractivity (Wildman–Crippen MR) is 99.6 cm³/mol. The van der Waals surface area contributed by atoms with E-state index in [4.69, 9.17) is 11.6 Å². The van der Waals surface area contributed by atoms with Crippen LogP contribution >= 0.6 is 11.6 Å². The summed E-state index contributed by atoms with van der Waals surface area (Å²) in [6.07, 6.45) is 1.62. The molecule has 0 saturated carbocycles. The number of hydrogen-bond donors (Lipinski definition) is 1. The highest BCUT2D eigenvalue weighted by molar-refractivity contribution is 6.30. The van der Waals surface area contributed by atoms with E-state index < -0.39 is 0 Å². The topological polar surface area (TPSA) is 81.3 Å². The van der Waals surface area contributed by atoms with Crippen molar-refractivity contribution in [2.45, 2.75) is 13.5 Å². The Morgan fingerprint density at radius 3 is 2.85 bits per heavy atom. The molecule has 3 heterocycles. The second-order valence-corrected chi connectivity index (χ2v) is 6.32. The van der Waals surface area contributed by atoms with Gasteiger partial charge in [-0.1, -0.05) is 17.7 Å². The lowest BCUT2D eigenvalue weighted by atomic mass is 10.3. The highest BCUT2D eigenvalue weighted by atomic mass is 35.5. The molecule has 0 radical (unpaired) electrons. The molecule has 0 spiro atoms. The standard InChI is InChI=1S/C18H14ClN5O2/c1-11-8-15-18(26)23(14-6-3-7-20-17(14)24(15)22-11)10-16(25)21-13-5-2-4-12(19)9-13/h2-9H,10H2,1H3,(H,21,25). The van der Waals surface area contributed by atoms with Crippen molar-refractivity contribution in [3.8, 4) is 0 Å². The van der Waals surface area contributed by atoms with Crippen LogP contribution in [0.3, 0.4) is 0 Å². The van der Waals surface area contributed by atoms with Gasteiger partial charge in [0.1, 0.15) is 12.1 Å². The minimum absolute atomic E-state index is 0.145. The lowest BCUT2D eigenvalue weighted by molar-refractivity contribution is -0.116. The molecule has 0 atom stereocenters. The second kappa shape index (κ2) is 6.27. The van der Waals surface area contributed by atoms with Gasteiger partial charge in [0.2, 0.25) is 5.91 Å². The van der Waals surface area contributed by atoms with Crippen molar-refractivity contribution < 1.29 is 4.79 Å². The molecule has 0 aliphatic heterocycles. The maximum atomic E-state index is 12.9. The minimum Gasteiger partial charge on any atom is -0.324 e. The zero-order valence-electron chi connectivity index (χ0n) is 13.8. The van der Waals surface area contributed by atoms with Gasteiger partial charge >= 0.3 is 0 Å². The van der Waals surface area contributed by atoms with Crippen molar-refractivity contribution in [1.29, 1.82) is 0 Å². The van der Waals surface area contributed by atoms with Gasteiger partial charge < -0.3 is 5.32 Å². The SMILES string of the molecule is Cc1cc2c(=O)n(CC(=O)Nc3cccc(Cl)c3)c3cccnc3n2n1. The van der Waals surface area contributed by atoms with Crippen LogP contribution in [0.1, 0.15) is 5.69 Å². The number of amides is 1. The quantitative estimate of drug-likeness (QED) is 0.603. The molecular weight excluding hydrogens is 354 g/mol. The van der Waals surface area contributed by atoms with Gasteiger partial charge in [-0.3, -0.25) is 14.2 Å². The van der Waals surface area contributed by atoms with Gasteiger partial charge in [-0.15, -0.1) is 0 Å². The molecule has 1 aromatic carbocycles. The Bertz CT molecular complexity index is 1210. The number of nitrogens with one attached hydrogen (secondary N) is 1. The normalized spacial score (nSPS) is 11.2. The molecule has 3 aromatic heterocycles. The smallest absolute Gasteiger partial charge is 0.277 e. The van der Waals surface area contributed by atoms with Crippen LogP contribution in [0, 0.1) is 6.92 Å². The predicted octanol–water partition coefficient (Wildman–Crippen LogP) is 2.64. The fourth-order valence-electron chi connectivity index (χ4n) is 2.89. The van der Waals surface area contributed by atoms with Gasteiger partial charge in [-0.05, 0) is 43.3 Å². The molecule has 0 unspecified atom stereocenters. The molecule has 8 heteroatoms. The Morgan fingerprint density at radius 2 is 2.04 bits per heavy atom. The van der Waals surface area contributed by atoms with E-state index in [-0.39, 0.29) is 18.0 Å². The number of rotatable bonds is 3. The molecule has 0 fully saturated rings. The second-order valence-electron chi connectivity index (χ2n) is 5.88. The Morgan fingerprint density at radius 1 is 1.19 bits per heavy atom. The van der Waals surface area contributed by atoms with Crippen molar-refractivity contribution in [1.82, 2.24) is 19.2 Å². The highest BCUT2D eigenvalue weighted by Crippen LogP contribution is 2.16. The number of benzene rings is 1. The number of nitrogens with zero attached hydrogens (tertiary/aromatic N) is 4. The number of pyridine rings is 1. The van der Waals surface area contributed by atoms with E-state index in [2.05, 4.69) is 15.4 Å². The van der Waals surface area contributed by atoms with Gasteiger partial charge in [0.05, 0.1) is 11.2 Å². The molecule has 0 aliphatic rings. The zero-order valence-corrected chi connectivity index (χ0v) is 14.6. The van der Waals surface area contributed by atoms with Crippen molar-refractivity contribution in [2.24, 2.45) is 0 Å². The number of hydrogen-bond acceptors (Lipinski definition) is 4. The Balaban J connectivity index is 1.79. The van der Waals surface area contributed by atoms with Crippen molar-refractivity contribution in [3.05, 3.63) is 69.7 Å². The van der Waals surface area contributed by atoms with Gasteiger partial charge in [0.15, 0.2) is 5.65 Å². The van der Waals surface area contributed by atoms with E-state index in [0.717, 1.165) is 0 Å². The van der Waals surface area contributed by atoms with Gasteiger partial charge in [0.25, 0.3) is 5.56 Å². The van der Waals surface area contributed by atoms with Gasteiger partial charge in [-0.25, -0.2) is 9.50 Å². The summed E-state index contributed by atoms with van der Waals surface area (Å²) in [6, 6.07) is 12.0. The maximum absolute atomic E-state index is 12.9. The third-order valence-electron chi connectivity index (χ3n) is 3.96. The van der Waals surface area contributed by atoms with Crippen LogP contribution in [0.5, 0.6) is 0 Å². The number of fused-ring (bicyclic) bond motifs is 3. The van der Waals surface area contributed by atoms with Gasteiger partial charge in [-0.2, -0.15) is 5.10 Å². The van der Waals surface area contributed by atoms with Crippen molar-refractivity contribution >= 4 is 39.9 Å². The van der Waals surface area contributed by atoms with Crippen LogP contribution in [0.2, 0.25) is 5.02 Å². The molecule has 4 rings (SSSR count). The summed E-state index contributed by atoms with van der Waals surface area (Å²) in [4.78, 5) is 29.7. The number of aryl methyl sites for hydroxylation is 1. The average molecular weight is 368 g/mol. The Hall–Kier alpha value is -3.19. The van der Waals surface area contributed by atoms with E-state index in [1.807, 2.05) is 0 Å². The van der Waals surface area contributed by atoms with Crippen molar-refractivity contribution in [3.63, 3.8) is 0 Å². The first-order valence-corrected chi connectivity index (χ1v) is 8.30. The average Bonchev–Trinajstić information content (AvgIpc) is 3.01. The van der Waals surface area contributed by atoms with Crippen LogP contribution in [0.4, 0.5) is 5.69 Å². The summed E-state index contributed by atoms with van der Waals surface area (Å²) in [6.45, 7) is 1.66. The van der Waals surface area contributed by atoms with Crippen molar-refractivity contribution in [2.75, 3.05) is 5.32 Å². The Kier molecular flexibility index (Phi) is 3.93. The summed E-state index contributed by atoms with van der Waals surface area (Å²) in [5.74, 6) is -0.333. The molecule has 1 N–H and O–H groups in total. The molecule has 1 amide bonds. The van der Waals surface area contributed by atoms with Crippen LogP contribution < -0.4 is 10.9 Å². The fraction of sp³-hybridized carbons (Fsp3) is 0.111. The first kappa shape index (κ1) is 16.3. The van der Waals surface area contributed by atoms with Crippen LogP contribution in [-0.4, -0.2) is 25.1 Å². The summed E-state index contributed by atoms with van der Waals surface area (Å²) in [5.41, 5.74) is 2.41. The third-order valence-corrected chi connectivity index (χ3v) is 4.20.